The molecular weight excluding hydrogens is 290 g/mol. The number of rotatable bonds is 5. The van der Waals surface area contributed by atoms with E-state index in [0.717, 1.165) is 32.6 Å². The van der Waals surface area contributed by atoms with Gasteiger partial charge >= 0.3 is 0 Å². The first-order valence-corrected chi connectivity index (χ1v) is 7.64. The molecule has 1 aliphatic heterocycles. The van der Waals surface area contributed by atoms with Crippen LogP contribution in [0.4, 0.5) is 5.82 Å². The van der Waals surface area contributed by atoms with Gasteiger partial charge in [0.15, 0.2) is 5.82 Å². The maximum atomic E-state index is 12.5. The van der Waals surface area contributed by atoms with Crippen molar-refractivity contribution in [2.45, 2.75) is 26.3 Å². The van der Waals surface area contributed by atoms with E-state index >= 15 is 0 Å². The number of likely N-dealkylation sites (tertiary alicyclic amines) is 1. The molecule has 1 aromatic rings. The molecular formula is C14H22ClN5O. The Balaban J connectivity index is 2.06. The maximum Gasteiger partial charge on any atom is 0.255 e. The van der Waals surface area contributed by atoms with E-state index in [4.69, 9.17) is 17.4 Å². The Bertz CT molecular complexity index is 506. The average molecular weight is 312 g/mol. The van der Waals surface area contributed by atoms with Gasteiger partial charge in [-0.15, -0.1) is 0 Å². The number of nitrogen functional groups attached to an aromatic ring is 1. The highest BCUT2D eigenvalue weighted by molar-refractivity contribution is 6.33. The SMILES string of the molecule is CCN(CC)C1CCN(C(=O)c2cnc(NN)c(Cl)c2)C1. The van der Waals surface area contributed by atoms with Crippen molar-refractivity contribution in [1.29, 1.82) is 0 Å². The Kier molecular flexibility index (Phi) is 5.39. The number of nitrogens with two attached hydrogens (primary N) is 1. The maximum absolute atomic E-state index is 12.5. The molecule has 2 heterocycles. The standard InChI is InChI=1S/C14H22ClN5O/c1-3-19(4-2)11-5-6-20(9-11)14(21)10-7-12(15)13(18-16)17-8-10/h7-8,11H,3-6,9,16H2,1-2H3,(H,17,18). The van der Waals surface area contributed by atoms with Crippen LogP contribution in [0.2, 0.25) is 5.02 Å². The van der Waals surface area contributed by atoms with Crippen molar-refractivity contribution >= 4 is 23.3 Å². The highest BCUT2D eigenvalue weighted by Gasteiger charge is 2.29. The highest BCUT2D eigenvalue weighted by atomic mass is 35.5. The number of halogens is 1. The average Bonchev–Trinajstić information content (AvgIpc) is 2.97. The van der Waals surface area contributed by atoms with Crippen molar-refractivity contribution in [2.24, 2.45) is 5.84 Å². The molecule has 1 atom stereocenters. The molecule has 1 saturated heterocycles. The van der Waals surface area contributed by atoms with Crippen molar-refractivity contribution in [3.63, 3.8) is 0 Å². The van der Waals surface area contributed by atoms with Crippen LogP contribution in [0.25, 0.3) is 0 Å². The number of likely N-dealkylation sites (N-methyl/N-ethyl adjacent to an activating group) is 1. The van der Waals surface area contributed by atoms with Crippen LogP contribution >= 0.6 is 11.6 Å². The molecule has 21 heavy (non-hydrogen) atoms. The fourth-order valence-electron chi connectivity index (χ4n) is 2.81. The summed E-state index contributed by atoms with van der Waals surface area (Å²) in [5.41, 5.74) is 2.89. The van der Waals surface area contributed by atoms with Gasteiger partial charge in [0.2, 0.25) is 0 Å². The Morgan fingerprint density at radius 2 is 2.29 bits per heavy atom. The third-order valence-electron chi connectivity index (χ3n) is 4.00. The lowest BCUT2D eigenvalue weighted by molar-refractivity contribution is 0.0777. The Morgan fingerprint density at radius 1 is 1.57 bits per heavy atom. The molecule has 0 saturated carbocycles. The zero-order chi connectivity index (χ0) is 15.4. The fraction of sp³-hybridized carbons (Fsp3) is 0.571. The summed E-state index contributed by atoms with van der Waals surface area (Å²) >= 11 is 6.02. The van der Waals surface area contributed by atoms with E-state index in [1.165, 1.54) is 6.20 Å². The van der Waals surface area contributed by atoms with Gasteiger partial charge in [-0.3, -0.25) is 9.69 Å². The second-order valence-electron chi connectivity index (χ2n) is 5.11. The summed E-state index contributed by atoms with van der Waals surface area (Å²) in [7, 11) is 0. The zero-order valence-corrected chi connectivity index (χ0v) is 13.2. The van der Waals surface area contributed by atoms with E-state index in [0.29, 0.717) is 22.4 Å². The number of hydrogen-bond donors (Lipinski definition) is 2. The second-order valence-corrected chi connectivity index (χ2v) is 5.52. The minimum atomic E-state index is -0.0253. The first-order valence-electron chi connectivity index (χ1n) is 7.26. The quantitative estimate of drug-likeness (QED) is 0.638. The number of amides is 1. The lowest BCUT2D eigenvalue weighted by Crippen LogP contribution is -2.38. The molecule has 1 fully saturated rings. The van der Waals surface area contributed by atoms with Gasteiger partial charge in [-0.1, -0.05) is 25.4 Å². The van der Waals surface area contributed by atoms with Crippen molar-refractivity contribution in [2.75, 3.05) is 31.6 Å². The molecule has 116 valence electrons. The van der Waals surface area contributed by atoms with Gasteiger partial charge in [-0.25, -0.2) is 10.8 Å². The summed E-state index contributed by atoms with van der Waals surface area (Å²) in [6.45, 7) is 7.84. The molecule has 0 aliphatic carbocycles. The van der Waals surface area contributed by atoms with Crippen LogP contribution in [-0.4, -0.2) is 52.9 Å². The number of anilines is 1. The van der Waals surface area contributed by atoms with E-state index < -0.39 is 0 Å². The Labute approximate surface area is 130 Å². The smallest absolute Gasteiger partial charge is 0.255 e. The van der Waals surface area contributed by atoms with Gasteiger partial charge in [0.05, 0.1) is 10.6 Å². The van der Waals surface area contributed by atoms with E-state index in [-0.39, 0.29) is 5.91 Å². The number of hydrogen-bond acceptors (Lipinski definition) is 5. The summed E-state index contributed by atoms with van der Waals surface area (Å²) in [4.78, 5) is 20.8. The van der Waals surface area contributed by atoms with Crippen molar-refractivity contribution in [1.82, 2.24) is 14.8 Å². The minimum absolute atomic E-state index is 0.0253. The van der Waals surface area contributed by atoms with Gasteiger partial charge in [0.1, 0.15) is 0 Å². The van der Waals surface area contributed by atoms with Gasteiger partial charge in [-0.05, 0) is 25.6 Å². The van der Waals surface area contributed by atoms with Crippen LogP contribution < -0.4 is 11.3 Å². The first kappa shape index (κ1) is 16.0. The molecule has 6 nitrogen and oxygen atoms in total. The van der Waals surface area contributed by atoms with E-state index in [1.807, 2.05) is 4.90 Å². The molecule has 2 rings (SSSR count). The monoisotopic (exact) mass is 311 g/mol. The fourth-order valence-corrected chi connectivity index (χ4v) is 3.03. The predicted molar refractivity (Wildman–Crippen MR) is 84.3 cm³/mol. The minimum Gasteiger partial charge on any atom is -0.337 e. The van der Waals surface area contributed by atoms with E-state index in [2.05, 4.69) is 29.2 Å². The second kappa shape index (κ2) is 7.06. The molecule has 0 aromatic carbocycles. The number of pyridine rings is 1. The van der Waals surface area contributed by atoms with Crippen molar-refractivity contribution < 1.29 is 4.79 Å². The molecule has 1 unspecified atom stereocenters. The zero-order valence-electron chi connectivity index (χ0n) is 12.5. The van der Waals surface area contributed by atoms with Gasteiger partial charge in [0, 0.05) is 25.3 Å². The van der Waals surface area contributed by atoms with E-state index in [1.54, 1.807) is 6.07 Å². The van der Waals surface area contributed by atoms with Gasteiger partial charge in [0.25, 0.3) is 5.91 Å². The number of nitrogens with zero attached hydrogens (tertiary/aromatic N) is 3. The summed E-state index contributed by atoms with van der Waals surface area (Å²) in [5.74, 6) is 5.63. The van der Waals surface area contributed by atoms with Crippen LogP contribution in [0.3, 0.4) is 0 Å². The van der Waals surface area contributed by atoms with Crippen molar-refractivity contribution in [3.05, 3.63) is 22.8 Å². The molecule has 1 amide bonds. The normalized spacial score (nSPS) is 18.3. The lowest BCUT2D eigenvalue weighted by Gasteiger charge is -2.26. The Hall–Kier alpha value is -1.37. The number of carbonyl (C=O) groups is 1. The lowest BCUT2D eigenvalue weighted by atomic mass is 10.2. The van der Waals surface area contributed by atoms with Crippen LogP contribution in [-0.2, 0) is 0 Å². The molecule has 0 radical (unpaired) electrons. The third-order valence-corrected chi connectivity index (χ3v) is 4.29. The van der Waals surface area contributed by atoms with Crippen molar-refractivity contribution in [3.8, 4) is 0 Å². The Morgan fingerprint density at radius 3 is 2.86 bits per heavy atom. The molecule has 1 aliphatic rings. The number of carbonyl (C=O) groups excluding carboxylic acids is 1. The van der Waals surface area contributed by atoms with E-state index in [9.17, 15) is 4.79 Å². The summed E-state index contributed by atoms with van der Waals surface area (Å²) < 4.78 is 0. The largest absolute Gasteiger partial charge is 0.337 e. The van der Waals surface area contributed by atoms with Crippen LogP contribution in [0.15, 0.2) is 12.3 Å². The third kappa shape index (κ3) is 3.45. The number of aromatic nitrogens is 1. The van der Waals surface area contributed by atoms with Gasteiger partial charge in [-0.2, -0.15) is 0 Å². The summed E-state index contributed by atoms with van der Waals surface area (Å²) in [6, 6.07) is 2.05. The van der Waals surface area contributed by atoms with Crippen LogP contribution in [0.5, 0.6) is 0 Å². The molecule has 0 bridgehead atoms. The molecule has 3 N–H and O–H groups in total. The first-order chi connectivity index (χ1) is 10.1. The van der Waals surface area contributed by atoms with Crippen LogP contribution in [0.1, 0.15) is 30.6 Å². The van der Waals surface area contributed by atoms with Gasteiger partial charge < -0.3 is 10.3 Å². The predicted octanol–water partition coefficient (Wildman–Crippen LogP) is 1.58. The topological polar surface area (TPSA) is 74.5 Å². The highest BCUT2D eigenvalue weighted by Crippen LogP contribution is 2.22. The summed E-state index contributed by atoms with van der Waals surface area (Å²) in [5, 5.41) is 0.350. The molecule has 0 spiro atoms. The molecule has 1 aromatic heterocycles. The number of nitrogens with one attached hydrogen (secondary N) is 1. The summed E-state index contributed by atoms with van der Waals surface area (Å²) in [6.07, 6.45) is 2.52. The van der Waals surface area contributed by atoms with Crippen LogP contribution in [0, 0.1) is 0 Å². The molecule has 7 heteroatoms. The number of hydrazine groups is 1.